The van der Waals surface area contributed by atoms with E-state index >= 15 is 0 Å². The van der Waals surface area contributed by atoms with Gasteiger partial charge in [0.25, 0.3) is 5.89 Å². The molecule has 0 aromatic carbocycles. The molecule has 3 aromatic heterocycles. The van der Waals surface area contributed by atoms with E-state index in [-0.39, 0.29) is 0 Å². The van der Waals surface area contributed by atoms with E-state index in [0.717, 1.165) is 5.56 Å². The predicted octanol–water partition coefficient (Wildman–Crippen LogP) is 1.67. The Morgan fingerprint density at radius 3 is 2.95 bits per heavy atom. The van der Waals surface area contributed by atoms with Crippen molar-refractivity contribution < 1.29 is 9.63 Å². The summed E-state index contributed by atoms with van der Waals surface area (Å²) < 4.78 is 6.76. The van der Waals surface area contributed by atoms with Gasteiger partial charge in [0, 0.05) is 5.38 Å². The van der Waals surface area contributed by atoms with Crippen molar-refractivity contribution in [1.82, 2.24) is 25.1 Å². The predicted molar refractivity (Wildman–Crippen MR) is 72.0 cm³/mol. The highest BCUT2D eigenvalue weighted by Gasteiger charge is 2.20. The molecule has 0 aliphatic heterocycles. The van der Waals surface area contributed by atoms with Crippen molar-refractivity contribution in [3.8, 4) is 11.5 Å². The Hall–Kier alpha value is -2.06. The number of nitrogens with zero attached hydrogens (tertiary/aromatic N) is 5. The lowest BCUT2D eigenvalue weighted by Crippen LogP contribution is -2.15. The van der Waals surface area contributed by atoms with Crippen molar-refractivity contribution in [2.24, 2.45) is 0 Å². The minimum absolute atomic E-state index is 0.344. The van der Waals surface area contributed by atoms with Crippen LogP contribution < -0.4 is 0 Å². The molecule has 0 atom stereocenters. The number of hydrogen-bond donors (Lipinski definition) is 1. The second kappa shape index (κ2) is 4.80. The Balaban J connectivity index is 1.77. The van der Waals surface area contributed by atoms with Gasteiger partial charge in [0.2, 0.25) is 0 Å². The maximum absolute atomic E-state index is 9.83. The Bertz CT molecular complexity index is 696. The van der Waals surface area contributed by atoms with Crippen LogP contribution in [0.2, 0.25) is 0 Å². The topological polar surface area (TPSA) is 89.9 Å². The molecule has 0 unspecified atom stereocenters. The summed E-state index contributed by atoms with van der Waals surface area (Å²) in [4.78, 5) is 4.30. The van der Waals surface area contributed by atoms with Crippen LogP contribution in [-0.4, -0.2) is 30.2 Å². The highest BCUT2D eigenvalue weighted by molar-refractivity contribution is 7.08. The van der Waals surface area contributed by atoms with Crippen molar-refractivity contribution in [2.75, 3.05) is 0 Å². The minimum Gasteiger partial charge on any atom is -0.384 e. The number of thiophene rings is 1. The van der Waals surface area contributed by atoms with Crippen LogP contribution in [0.25, 0.3) is 11.5 Å². The maximum Gasteiger partial charge on any atom is 0.258 e. The van der Waals surface area contributed by atoms with E-state index in [1.54, 1.807) is 36.1 Å². The molecule has 104 valence electrons. The molecule has 0 spiro atoms. The molecule has 3 aromatic rings. The van der Waals surface area contributed by atoms with Gasteiger partial charge >= 0.3 is 0 Å². The molecule has 0 saturated heterocycles. The van der Waals surface area contributed by atoms with Crippen molar-refractivity contribution in [3.05, 3.63) is 34.5 Å². The third-order valence-corrected chi connectivity index (χ3v) is 3.39. The summed E-state index contributed by atoms with van der Waals surface area (Å²) >= 11 is 1.57. The average molecular weight is 291 g/mol. The Morgan fingerprint density at radius 1 is 1.45 bits per heavy atom. The first-order valence-corrected chi connectivity index (χ1v) is 6.95. The van der Waals surface area contributed by atoms with Gasteiger partial charge in [-0.3, -0.25) is 0 Å². The van der Waals surface area contributed by atoms with Crippen LogP contribution in [0, 0.1) is 0 Å². The fourth-order valence-corrected chi connectivity index (χ4v) is 2.25. The first kappa shape index (κ1) is 12.9. The normalized spacial score (nSPS) is 11.9. The number of hydrogen-bond acceptors (Lipinski definition) is 7. The second-order valence-electron chi connectivity index (χ2n) is 4.89. The monoisotopic (exact) mass is 291 g/mol. The molecule has 0 saturated carbocycles. The van der Waals surface area contributed by atoms with E-state index in [9.17, 15) is 5.11 Å². The summed E-state index contributed by atoms with van der Waals surface area (Å²) in [6.07, 6.45) is 1.67. The fourth-order valence-electron chi connectivity index (χ4n) is 1.62. The maximum atomic E-state index is 9.83. The van der Waals surface area contributed by atoms with E-state index in [1.165, 1.54) is 0 Å². The van der Waals surface area contributed by atoms with Gasteiger partial charge in [0.1, 0.15) is 17.8 Å². The molecule has 8 heteroatoms. The molecular formula is C12H13N5O2S. The van der Waals surface area contributed by atoms with Gasteiger partial charge in [-0.15, -0.1) is 5.10 Å². The number of aliphatic hydroxyl groups is 1. The average Bonchev–Trinajstić information content (AvgIpc) is 3.08. The van der Waals surface area contributed by atoms with Gasteiger partial charge < -0.3 is 9.63 Å². The fraction of sp³-hybridized carbons (Fsp3) is 0.333. The van der Waals surface area contributed by atoms with E-state index in [1.807, 2.05) is 16.8 Å². The summed E-state index contributed by atoms with van der Waals surface area (Å²) in [5, 5.41) is 25.5. The highest BCUT2D eigenvalue weighted by atomic mass is 32.1. The standard InChI is InChI=1S/C12H13N5O2S/c1-12(2,18)9-5-17(16-14-9)6-10-13-11(19-15-10)8-3-4-20-7-8/h3-5,7,18H,6H2,1-2H3. The molecular weight excluding hydrogens is 278 g/mol. The summed E-state index contributed by atoms with van der Waals surface area (Å²) in [6.45, 7) is 3.66. The van der Waals surface area contributed by atoms with Crippen LogP contribution in [-0.2, 0) is 12.1 Å². The Labute approximate surface area is 118 Å². The van der Waals surface area contributed by atoms with Crippen LogP contribution in [0.3, 0.4) is 0 Å². The van der Waals surface area contributed by atoms with Crippen molar-refractivity contribution in [2.45, 2.75) is 26.0 Å². The minimum atomic E-state index is -1.02. The third kappa shape index (κ3) is 2.61. The smallest absolute Gasteiger partial charge is 0.258 e. The SMILES string of the molecule is CC(C)(O)c1cn(Cc2noc(-c3ccsc3)n2)nn1. The van der Waals surface area contributed by atoms with Gasteiger partial charge in [-0.05, 0) is 25.3 Å². The zero-order chi connectivity index (χ0) is 14.2. The molecule has 0 amide bonds. The Kier molecular flexibility index (Phi) is 3.11. The molecule has 0 bridgehead atoms. The number of rotatable bonds is 4. The van der Waals surface area contributed by atoms with Gasteiger partial charge in [-0.25, -0.2) is 4.68 Å². The largest absolute Gasteiger partial charge is 0.384 e. The molecule has 3 heterocycles. The molecule has 1 N–H and O–H groups in total. The summed E-state index contributed by atoms with van der Waals surface area (Å²) in [6, 6.07) is 1.92. The lowest BCUT2D eigenvalue weighted by molar-refractivity contribution is 0.0737. The van der Waals surface area contributed by atoms with Crippen LogP contribution in [0.1, 0.15) is 25.4 Å². The van der Waals surface area contributed by atoms with Crippen molar-refractivity contribution >= 4 is 11.3 Å². The van der Waals surface area contributed by atoms with Crippen molar-refractivity contribution in [3.63, 3.8) is 0 Å². The van der Waals surface area contributed by atoms with Crippen LogP contribution in [0.5, 0.6) is 0 Å². The molecule has 0 fully saturated rings. The van der Waals surface area contributed by atoms with Crippen LogP contribution in [0.4, 0.5) is 0 Å². The van der Waals surface area contributed by atoms with Gasteiger partial charge in [-0.2, -0.15) is 16.3 Å². The lowest BCUT2D eigenvalue weighted by atomic mass is 10.1. The van der Waals surface area contributed by atoms with Crippen LogP contribution >= 0.6 is 11.3 Å². The zero-order valence-corrected chi connectivity index (χ0v) is 11.8. The molecule has 20 heavy (non-hydrogen) atoms. The summed E-state index contributed by atoms with van der Waals surface area (Å²) in [7, 11) is 0. The molecule has 3 rings (SSSR count). The first-order valence-electron chi connectivity index (χ1n) is 6.00. The molecule has 0 aliphatic carbocycles. The summed E-state index contributed by atoms with van der Waals surface area (Å²) in [5.74, 6) is 1.00. The van der Waals surface area contributed by atoms with Gasteiger partial charge in [-0.1, -0.05) is 10.4 Å². The van der Waals surface area contributed by atoms with E-state index in [0.29, 0.717) is 24.0 Å². The van der Waals surface area contributed by atoms with Crippen molar-refractivity contribution in [1.29, 1.82) is 0 Å². The quantitative estimate of drug-likeness (QED) is 0.786. The summed E-state index contributed by atoms with van der Waals surface area (Å²) in [5.41, 5.74) is 0.390. The van der Waals surface area contributed by atoms with Crippen LogP contribution in [0.15, 0.2) is 27.5 Å². The van der Waals surface area contributed by atoms with E-state index < -0.39 is 5.60 Å². The van der Waals surface area contributed by atoms with E-state index in [4.69, 9.17) is 4.52 Å². The Morgan fingerprint density at radius 2 is 2.30 bits per heavy atom. The molecule has 0 aliphatic rings. The number of aromatic nitrogens is 5. The third-order valence-electron chi connectivity index (χ3n) is 2.71. The first-order chi connectivity index (χ1) is 9.52. The molecule has 0 radical (unpaired) electrons. The second-order valence-corrected chi connectivity index (χ2v) is 5.67. The molecule has 7 nitrogen and oxygen atoms in total. The van der Waals surface area contributed by atoms with Gasteiger partial charge in [0.05, 0.1) is 11.8 Å². The lowest BCUT2D eigenvalue weighted by Gasteiger charge is -2.11. The van der Waals surface area contributed by atoms with Gasteiger partial charge in [0.15, 0.2) is 5.82 Å². The highest BCUT2D eigenvalue weighted by Crippen LogP contribution is 2.20. The zero-order valence-electron chi connectivity index (χ0n) is 11.0. The van der Waals surface area contributed by atoms with E-state index in [2.05, 4.69) is 20.5 Å².